The summed E-state index contributed by atoms with van der Waals surface area (Å²) in [6.45, 7) is 0. The number of hydrogen-bond acceptors (Lipinski definition) is 4. The second-order valence-corrected chi connectivity index (χ2v) is 7.56. The van der Waals surface area contributed by atoms with Crippen molar-refractivity contribution in [1.82, 2.24) is 0 Å². The molecule has 1 heterocycles. The molecule has 1 aromatic heterocycles. The molecule has 0 atom stereocenters. The molecular weight excluding hydrogens is 260 g/mol. The lowest BCUT2D eigenvalue weighted by molar-refractivity contribution is -0.137. The predicted octanol–water partition coefficient (Wildman–Crippen LogP) is 1.79. The molecule has 0 unspecified atom stereocenters. The van der Waals surface area contributed by atoms with E-state index in [1.54, 1.807) is 0 Å². The van der Waals surface area contributed by atoms with E-state index in [1.165, 1.54) is 12.1 Å². The van der Waals surface area contributed by atoms with Crippen LogP contribution >= 0.6 is 22.9 Å². The fraction of sp³-hybridized carbons (Fsp3) is 0.375. The smallest absolute Gasteiger partial charge is 0.325 e. The first-order valence-electron chi connectivity index (χ1n) is 4.13. The summed E-state index contributed by atoms with van der Waals surface area (Å²) in [7, 11) is -3.77. The third-order valence-electron chi connectivity index (χ3n) is 2.42. The van der Waals surface area contributed by atoms with Gasteiger partial charge in [0.05, 0.1) is 4.34 Å². The van der Waals surface area contributed by atoms with E-state index >= 15 is 0 Å². The number of carbonyl (C=O) groups is 1. The molecule has 1 saturated carbocycles. The molecule has 15 heavy (non-hydrogen) atoms. The van der Waals surface area contributed by atoms with Crippen LogP contribution in [-0.2, 0) is 14.6 Å². The zero-order valence-corrected chi connectivity index (χ0v) is 9.82. The first-order chi connectivity index (χ1) is 6.90. The van der Waals surface area contributed by atoms with Gasteiger partial charge in [0.15, 0.2) is 4.75 Å². The van der Waals surface area contributed by atoms with Gasteiger partial charge in [0.25, 0.3) is 0 Å². The predicted molar refractivity (Wildman–Crippen MR) is 56.1 cm³/mol. The Hall–Kier alpha value is -0.590. The summed E-state index contributed by atoms with van der Waals surface area (Å²) in [6.07, 6.45) is 0.361. The number of thiophene rings is 1. The lowest BCUT2D eigenvalue weighted by atomic mass is 10.4. The van der Waals surface area contributed by atoms with E-state index in [4.69, 9.17) is 16.7 Å². The number of halogens is 1. The minimum Gasteiger partial charge on any atom is -0.480 e. The van der Waals surface area contributed by atoms with Crippen LogP contribution < -0.4 is 0 Å². The van der Waals surface area contributed by atoms with Crippen LogP contribution in [-0.4, -0.2) is 24.2 Å². The quantitative estimate of drug-likeness (QED) is 0.905. The molecule has 0 saturated heterocycles. The minimum absolute atomic E-state index is 0.0346. The average Bonchev–Trinajstić information content (AvgIpc) is 2.85. The Kier molecular flexibility index (Phi) is 2.33. The Bertz CT molecular complexity index is 512. The van der Waals surface area contributed by atoms with Crippen molar-refractivity contribution in [1.29, 1.82) is 0 Å². The highest BCUT2D eigenvalue weighted by Gasteiger charge is 2.62. The highest BCUT2D eigenvalue weighted by molar-refractivity contribution is 7.95. The molecule has 0 radical (unpaired) electrons. The second-order valence-electron chi connectivity index (χ2n) is 3.36. The fourth-order valence-corrected chi connectivity index (χ4v) is 4.95. The van der Waals surface area contributed by atoms with Crippen LogP contribution in [0.5, 0.6) is 0 Å². The fourth-order valence-electron chi connectivity index (χ4n) is 1.35. The molecule has 1 aliphatic rings. The molecule has 0 aliphatic heterocycles. The van der Waals surface area contributed by atoms with Gasteiger partial charge in [0, 0.05) is 0 Å². The molecule has 1 aromatic rings. The number of aliphatic carboxylic acids is 1. The van der Waals surface area contributed by atoms with Gasteiger partial charge in [-0.05, 0) is 25.0 Å². The van der Waals surface area contributed by atoms with Crippen molar-refractivity contribution in [3.8, 4) is 0 Å². The van der Waals surface area contributed by atoms with Crippen molar-refractivity contribution in [3.63, 3.8) is 0 Å². The molecule has 4 nitrogen and oxygen atoms in total. The molecule has 0 bridgehead atoms. The third-order valence-corrected chi connectivity index (χ3v) is 6.63. The van der Waals surface area contributed by atoms with Gasteiger partial charge in [-0.2, -0.15) is 0 Å². The largest absolute Gasteiger partial charge is 0.480 e. The summed E-state index contributed by atoms with van der Waals surface area (Å²) >= 11 is 6.52. The molecule has 7 heteroatoms. The Labute approximate surface area is 95.4 Å². The van der Waals surface area contributed by atoms with E-state index in [-0.39, 0.29) is 17.1 Å². The Morgan fingerprint density at radius 1 is 1.47 bits per heavy atom. The molecule has 1 N–H and O–H groups in total. The van der Waals surface area contributed by atoms with Crippen LogP contribution in [0.4, 0.5) is 0 Å². The van der Waals surface area contributed by atoms with E-state index in [0.717, 1.165) is 11.3 Å². The molecule has 2 rings (SSSR count). The van der Waals surface area contributed by atoms with Crippen molar-refractivity contribution in [2.45, 2.75) is 21.8 Å². The Morgan fingerprint density at radius 3 is 2.40 bits per heavy atom. The topological polar surface area (TPSA) is 71.4 Å². The van der Waals surface area contributed by atoms with Gasteiger partial charge < -0.3 is 5.11 Å². The van der Waals surface area contributed by atoms with Gasteiger partial charge >= 0.3 is 5.97 Å². The van der Waals surface area contributed by atoms with Crippen LogP contribution in [0.3, 0.4) is 0 Å². The van der Waals surface area contributed by atoms with Crippen LogP contribution in [0, 0.1) is 0 Å². The highest BCUT2D eigenvalue weighted by atomic mass is 35.5. The average molecular weight is 267 g/mol. The summed E-state index contributed by atoms with van der Waals surface area (Å²) in [5, 5.41) is 8.90. The summed E-state index contributed by atoms with van der Waals surface area (Å²) in [5.74, 6) is -1.27. The normalized spacial score (nSPS) is 18.7. The van der Waals surface area contributed by atoms with Gasteiger partial charge in [0.1, 0.15) is 4.21 Å². The first-order valence-corrected chi connectivity index (χ1v) is 6.81. The molecule has 1 aliphatic carbocycles. The molecular formula is C8H7ClO4S2. The number of carboxylic acid groups (broad SMARTS) is 1. The molecule has 1 fully saturated rings. The van der Waals surface area contributed by atoms with Gasteiger partial charge in [-0.25, -0.2) is 8.42 Å². The van der Waals surface area contributed by atoms with Crippen molar-refractivity contribution >= 4 is 38.7 Å². The first kappa shape index (κ1) is 10.9. The van der Waals surface area contributed by atoms with E-state index in [2.05, 4.69) is 0 Å². The molecule has 0 spiro atoms. The van der Waals surface area contributed by atoms with E-state index in [0.29, 0.717) is 4.34 Å². The SMILES string of the molecule is O=C(O)C1(S(=O)(=O)c2ccc(Cl)s2)CC1. The summed E-state index contributed by atoms with van der Waals surface area (Å²) < 4.78 is 22.7. The van der Waals surface area contributed by atoms with Crippen molar-refractivity contribution in [2.24, 2.45) is 0 Å². The minimum atomic E-state index is -3.77. The Balaban J connectivity index is 2.49. The zero-order valence-electron chi connectivity index (χ0n) is 7.44. The summed E-state index contributed by atoms with van der Waals surface area (Å²) in [5.41, 5.74) is 0. The maximum atomic E-state index is 11.9. The molecule has 0 amide bonds. The maximum absolute atomic E-state index is 11.9. The summed E-state index contributed by atoms with van der Waals surface area (Å²) in [6, 6.07) is 2.81. The van der Waals surface area contributed by atoms with Crippen molar-refractivity contribution in [3.05, 3.63) is 16.5 Å². The number of rotatable bonds is 3. The standard InChI is InChI=1S/C8H7ClO4S2/c9-5-1-2-6(14-5)15(12,13)8(3-4-8)7(10)11/h1-2H,3-4H2,(H,10,11). The zero-order chi connectivity index (χ0) is 11.3. The van der Waals surface area contributed by atoms with Crippen LogP contribution in [0.15, 0.2) is 16.3 Å². The number of carboxylic acids is 1. The number of hydrogen-bond donors (Lipinski definition) is 1. The van der Waals surface area contributed by atoms with Gasteiger partial charge in [-0.1, -0.05) is 11.6 Å². The lowest BCUT2D eigenvalue weighted by Crippen LogP contribution is -2.31. The van der Waals surface area contributed by atoms with E-state index in [1.807, 2.05) is 0 Å². The van der Waals surface area contributed by atoms with Gasteiger partial charge in [0.2, 0.25) is 9.84 Å². The second kappa shape index (κ2) is 3.20. The van der Waals surface area contributed by atoms with Crippen LogP contribution in [0.25, 0.3) is 0 Å². The molecule has 82 valence electrons. The Morgan fingerprint density at radius 2 is 2.07 bits per heavy atom. The highest BCUT2D eigenvalue weighted by Crippen LogP contribution is 2.48. The van der Waals surface area contributed by atoms with E-state index in [9.17, 15) is 13.2 Å². The maximum Gasteiger partial charge on any atom is 0.325 e. The van der Waals surface area contributed by atoms with Crippen LogP contribution in [0.1, 0.15) is 12.8 Å². The van der Waals surface area contributed by atoms with E-state index < -0.39 is 20.6 Å². The third kappa shape index (κ3) is 1.47. The molecule has 0 aromatic carbocycles. The van der Waals surface area contributed by atoms with Crippen molar-refractivity contribution in [2.75, 3.05) is 0 Å². The van der Waals surface area contributed by atoms with Gasteiger partial charge in [-0.3, -0.25) is 4.79 Å². The summed E-state index contributed by atoms with van der Waals surface area (Å²) in [4.78, 5) is 10.9. The van der Waals surface area contributed by atoms with Crippen LogP contribution in [0.2, 0.25) is 4.34 Å². The monoisotopic (exact) mass is 266 g/mol. The number of sulfone groups is 1. The van der Waals surface area contributed by atoms with Crippen molar-refractivity contribution < 1.29 is 18.3 Å². The lowest BCUT2D eigenvalue weighted by Gasteiger charge is -2.08. The van der Waals surface area contributed by atoms with Gasteiger partial charge in [-0.15, -0.1) is 11.3 Å².